The van der Waals surface area contributed by atoms with Gasteiger partial charge in [0.05, 0.1) is 11.9 Å². The van der Waals surface area contributed by atoms with Crippen LogP contribution in [-0.2, 0) is 11.2 Å². The molecule has 1 aromatic heterocycles. The van der Waals surface area contributed by atoms with Crippen molar-refractivity contribution in [2.24, 2.45) is 0 Å². The van der Waals surface area contributed by atoms with E-state index in [4.69, 9.17) is 4.42 Å². The molecule has 0 atom stereocenters. The monoisotopic (exact) mass is 318 g/mol. The van der Waals surface area contributed by atoms with Gasteiger partial charge in [0, 0.05) is 5.69 Å². The van der Waals surface area contributed by atoms with Crippen molar-refractivity contribution in [2.45, 2.75) is 6.42 Å². The van der Waals surface area contributed by atoms with E-state index in [1.54, 1.807) is 18.2 Å². The standard InChI is InChI=1S/C19H14N2O3/c22-18(10-13-6-3-5-12-4-1-2-7-15(12)13)20-14-8-9-17-16(11-14)21-19(23)24-17/h1-9,11H,10H2,(H,20,22)(H,21,23). The number of anilines is 1. The number of carbonyl (C=O) groups excluding carboxylic acids is 1. The van der Waals surface area contributed by atoms with Gasteiger partial charge in [0.15, 0.2) is 5.58 Å². The summed E-state index contributed by atoms with van der Waals surface area (Å²) < 4.78 is 4.95. The number of aromatic amines is 1. The Kier molecular flexibility index (Phi) is 3.39. The Morgan fingerprint density at radius 3 is 2.79 bits per heavy atom. The first kappa shape index (κ1) is 14.3. The van der Waals surface area contributed by atoms with Gasteiger partial charge in [-0.25, -0.2) is 4.79 Å². The highest BCUT2D eigenvalue weighted by Gasteiger charge is 2.09. The van der Waals surface area contributed by atoms with E-state index < -0.39 is 5.76 Å². The van der Waals surface area contributed by atoms with E-state index in [0.29, 0.717) is 16.8 Å². The van der Waals surface area contributed by atoms with Crippen molar-refractivity contribution in [1.29, 1.82) is 0 Å². The smallest absolute Gasteiger partial charge is 0.408 e. The van der Waals surface area contributed by atoms with Gasteiger partial charge in [0.2, 0.25) is 5.91 Å². The van der Waals surface area contributed by atoms with Gasteiger partial charge in [0.1, 0.15) is 0 Å². The van der Waals surface area contributed by atoms with Crippen LogP contribution in [0.25, 0.3) is 21.9 Å². The number of oxazole rings is 1. The molecule has 1 amide bonds. The molecule has 4 rings (SSSR count). The number of aromatic nitrogens is 1. The molecular weight excluding hydrogens is 304 g/mol. The molecule has 1 heterocycles. The topological polar surface area (TPSA) is 75.1 Å². The minimum atomic E-state index is -0.510. The molecule has 3 aromatic carbocycles. The number of H-pyrrole nitrogens is 1. The molecule has 0 radical (unpaired) electrons. The molecule has 0 unspecified atom stereocenters. The molecule has 118 valence electrons. The minimum Gasteiger partial charge on any atom is -0.408 e. The maximum absolute atomic E-state index is 12.4. The summed E-state index contributed by atoms with van der Waals surface area (Å²) in [7, 11) is 0. The number of fused-ring (bicyclic) bond motifs is 2. The molecule has 0 aliphatic carbocycles. The lowest BCUT2D eigenvalue weighted by Gasteiger charge is -2.08. The van der Waals surface area contributed by atoms with Gasteiger partial charge in [-0.15, -0.1) is 0 Å². The van der Waals surface area contributed by atoms with Crippen molar-refractivity contribution in [3.05, 3.63) is 76.8 Å². The zero-order valence-electron chi connectivity index (χ0n) is 12.7. The average Bonchev–Trinajstić information content (AvgIpc) is 2.94. The van der Waals surface area contributed by atoms with Gasteiger partial charge >= 0.3 is 5.76 Å². The molecule has 0 bridgehead atoms. The van der Waals surface area contributed by atoms with Crippen LogP contribution in [0.3, 0.4) is 0 Å². The summed E-state index contributed by atoms with van der Waals surface area (Å²) in [5, 5.41) is 5.04. The van der Waals surface area contributed by atoms with Crippen LogP contribution in [0.2, 0.25) is 0 Å². The Bertz CT molecular complexity index is 1100. The number of benzene rings is 3. The van der Waals surface area contributed by atoms with E-state index in [2.05, 4.69) is 10.3 Å². The Morgan fingerprint density at radius 2 is 1.88 bits per heavy atom. The van der Waals surface area contributed by atoms with E-state index >= 15 is 0 Å². The Morgan fingerprint density at radius 1 is 1.04 bits per heavy atom. The molecule has 4 aromatic rings. The highest BCUT2D eigenvalue weighted by atomic mass is 16.4. The molecule has 0 aliphatic rings. The number of hydrogen-bond acceptors (Lipinski definition) is 3. The summed E-state index contributed by atoms with van der Waals surface area (Å²) in [6.45, 7) is 0. The van der Waals surface area contributed by atoms with Gasteiger partial charge in [-0.3, -0.25) is 9.78 Å². The molecule has 0 spiro atoms. The average molecular weight is 318 g/mol. The lowest BCUT2D eigenvalue weighted by molar-refractivity contribution is -0.115. The highest BCUT2D eigenvalue weighted by Crippen LogP contribution is 2.20. The third-order valence-corrected chi connectivity index (χ3v) is 3.93. The summed E-state index contributed by atoms with van der Waals surface area (Å²) in [6, 6.07) is 19.0. The van der Waals surface area contributed by atoms with Crippen molar-refractivity contribution in [3.63, 3.8) is 0 Å². The van der Waals surface area contributed by atoms with Crippen LogP contribution in [0.15, 0.2) is 69.9 Å². The molecule has 0 saturated heterocycles. The zero-order chi connectivity index (χ0) is 16.5. The first-order valence-corrected chi connectivity index (χ1v) is 7.58. The highest BCUT2D eigenvalue weighted by molar-refractivity contribution is 5.97. The van der Waals surface area contributed by atoms with Gasteiger partial charge in [-0.05, 0) is 34.5 Å². The number of amides is 1. The second-order valence-corrected chi connectivity index (χ2v) is 5.59. The summed E-state index contributed by atoms with van der Waals surface area (Å²) in [5.41, 5.74) is 2.61. The van der Waals surface area contributed by atoms with Crippen LogP contribution in [0.4, 0.5) is 5.69 Å². The second kappa shape index (κ2) is 5.70. The molecule has 5 heteroatoms. The first-order valence-electron chi connectivity index (χ1n) is 7.58. The van der Waals surface area contributed by atoms with E-state index in [-0.39, 0.29) is 12.3 Å². The third-order valence-electron chi connectivity index (χ3n) is 3.93. The number of hydrogen-bond donors (Lipinski definition) is 2. The van der Waals surface area contributed by atoms with E-state index in [0.717, 1.165) is 16.3 Å². The van der Waals surface area contributed by atoms with Crippen LogP contribution in [-0.4, -0.2) is 10.9 Å². The van der Waals surface area contributed by atoms with Crippen LogP contribution >= 0.6 is 0 Å². The fourth-order valence-corrected chi connectivity index (χ4v) is 2.85. The molecular formula is C19H14N2O3. The van der Waals surface area contributed by atoms with Crippen molar-refractivity contribution in [3.8, 4) is 0 Å². The van der Waals surface area contributed by atoms with Gasteiger partial charge in [-0.2, -0.15) is 0 Å². The molecule has 24 heavy (non-hydrogen) atoms. The summed E-state index contributed by atoms with van der Waals surface area (Å²) in [4.78, 5) is 26.1. The SMILES string of the molecule is O=C(Cc1cccc2ccccc12)Nc1ccc2oc(=O)[nH]c2c1. The fraction of sp³-hybridized carbons (Fsp3) is 0.0526. The maximum Gasteiger partial charge on any atom is 0.417 e. The van der Waals surface area contributed by atoms with Gasteiger partial charge < -0.3 is 9.73 Å². The van der Waals surface area contributed by atoms with Crippen LogP contribution < -0.4 is 11.1 Å². The van der Waals surface area contributed by atoms with Gasteiger partial charge in [0.25, 0.3) is 0 Å². The fourth-order valence-electron chi connectivity index (χ4n) is 2.85. The quantitative estimate of drug-likeness (QED) is 0.607. The zero-order valence-corrected chi connectivity index (χ0v) is 12.7. The summed E-state index contributed by atoms with van der Waals surface area (Å²) in [6.07, 6.45) is 0.279. The number of carbonyl (C=O) groups is 1. The number of rotatable bonds is 3. The van der Waals surface area contributed by atoms with Crippen molar-refractivity contribution >= 4 is 33.5 Å². The largest absolute Gasteiger partial charge is 0.417 e. The lowest BCUT2D eigenvalue weighted by atomic mass is 10.0. The van der Waals surface area contributed by atoms with Crippen molar-refractivity contribution in [2.75, 3.05) is 5.32 Å². The van der Waals surface area contributed by atoms with E-state index in [9.17, 15) is 9.59 Å². The summed E-state index contributed by atoms with van der Waals surface area (Å²) >= 11 is 0. The first-order chi connectivity index (χ1) is 11.7. The molecule has 5 nitrogen and oxygen atoms in total. The maximum atomic E-state index is 12.4. The van der Waals surface area contributed by atoms with Gasteiger partial charge in [-0.1, -0.05) is 42.5 Å². The normalized spacial score (nSPS) is 11.0. The van der Waals surface area contributed by atoms with Crippen molar-refractivity contribution in [1.82, 2.24) is 4.98 Å². The number of nitrogens with one attached hydrogen (secondary N) is 2. The molecule has 2 N–H and O–H groups in total. The Hall–Kier alpha value is -3.34. The van der Waals surface area contributed by atoms with Crippen LogP contribution in [0.1, 0.15) is 5.56 Å². The molecule has 0 saturated carbocycles. The second-order valence-electron chi connectivity index (χ2n) is 5.59. The summed E-state index contributed by atoms with van der Waals surface area (Å²) in [5.74, 6) is -0.624. The molecule has 0 aliphatic heterocycles. The lowest BCUT2D eigenvalue weighted by Crippen LogP contribution is -2.14. The third kappa shape index (κ3) is 2.67. The molecule has 0 fully saturated rings. The van der Waals surface area contributed by atoms with Crippen LogP contribution in [0.5, 0.6) is 0 Å². The predicted octanol–water partition coefficient (Wildman–Crippen LogP) is 3.46. The Labute approximate surface area is 136 Å². The minimum absolute atomic E-state index is 0.114. The predicted molar refractivity (Wildman–Crippen MR) is 93.1 cm³/mol. The Balaban J connectivity index is 1.58. The van der Waals surface area contributed by atoms with Crippen LogP contribution in [0, 0.1) is 0 Å². The van der Waals surface area contributed by atoms with E-state index in [1.165, 1.54) is 0 Å². The van der Waals surface area contributed by atoms with E-state index in [1.807, 2.05) is 42.5 Å². The van der Waals surface area contributed by atoms with Crippen molar-refractivity contribution < 1.29 is 9.21 Å².